The third kappa shape index (κ3) is 3.21. The van der Waals surface area contributed by atoms with Gasteiger partial charge in [0.05, 0.1) is 5.56 Å². The highest BCUT2D eigenvalue weighted by Crippen LogP contribution is 2.15. The number of carbonyl (C=O) groups excluding carboxylic acids is 1. The molecular formula is C16H14N4O. The Morgan fingerprint density at radius 3 is 2.57 bits per heavy atom. The van der Waals surface area contributed by atoms with Gasteiger partial charge in [0.25, 0.3) is 5.91 Å². The number of nitrogens with zero attached hydrogens (tertiary/aromatic N) is 2. The summed E-state index contributed by atoms with van der Waals surface area (Å²) in [5, 5.41) is 2.38. The minimum atomic E-state index is -0.253. The molecule has 0 atom stereocenters. The highest BCUT2D eigenvalue weighted by Gasteiger charge is 2.04. The predicted octanol–water partition coefficient (Wildman–Crippen LogP) is 2.06. The third-order valence-corrected chi connectivity index (χ3v) is 3.13. The fraction of sp³-hybridized carbons (Fsp3) is 0.0625. The molecule has 0 aliphatic rings. The number of hydrogen-bond donors (Lipinski definition) is 2. The van der Waals surface area contributed by atoms with Gasteiger partial charge in [0.15, 0.2) is 0 Å². The van der Waals surface area contributed by atoms with Crippen LogP contribution in [0.4, 0.5) is 0 Å². The van der Waals surface area contributed by atoms with Gasteiger partial charge >= 0.3 is 0 Å². The van der Waals surface area contributed by atoms with E-state index < -0.39 is 0 Å². The molecule has 0 aliphatic carbocycles. The molecule has 0 radical (unpaired) electrons. The second kappa shape index (κ2) is 6.11. The fourth-order valence-electron chi connectivity index (χ4n) is 2.06. The number of hydrazine groups is 1. The van der Waals surface area contributed by atoms with E-state index in [0.717, 1.165) is 5.56 Å². The van der Waals surface area contributed by atoms with E-state index in [1.54, 1.807) is 0 Å². The van der Waals surface area contributed by atoms with E-state index in [0.29, 0.717) is 12.1 Å². The Kier molecular flexibility index (Phi) is 3.84. The van der Waals surface area contributed by atoms with Crippen molar-refractivity contribution < 1.29 is 4.79 Å². The second-order valence-corrected chi connectivity index (χ2v) is 4.62. The summed E-state index contributed by atoms with van der Waals surface area (Å²) < 4.78 is 0. The Hall–Kier alpha value is -2.79. The van der Waals surface area contributed by atoms with Gasteiger partial charge in [-0.25, -0.2) is 15.4 Å². The summed E-state index contributed by atoms with van der Waals surface area (Å²) >= 11 is 0. The van der Waals surface area contributed by atoms with Crippen molar-refractivity contribution in [3.63, 3.8) is 0 Å². The lowest BCUT2D eigenvalue weighted by atomic mass is 10.1. The fourth-order valence-corrected chi connectivity index (χ4v) is 2.06. The minimum absolute atomic E-state index is 0.253. The molecule has 0 saturated heterocycles. The Morgan fingerprint density at radius 1 is 1.00 bits per heavy atom. The molecule has 104 valence electrons. The summed E-state index contributed by atoms with van der Waals surface area (Å²) in [6, 6.07) is 14.4. The van der Waals surface area contributed by atoms with E-state index in [9.17, 15) is 4.79 Å². The van der Waals surface area contributed by atoms with Crippen LogP contribution in [-0.2, 0) is 6.54 Å². The second-order valence-electron chi connectivity index (χ2n) is 4.62. The minimum Gasteiger partial charge on any atom is -0.287 e. The van der Waals surface area contributed by atoms with Crippen molar-refractivity contribution in [1.82, 2.24) is 20.8 Å². The van der Waals surface area contributed by atoms with Gasteiger partial charge in [-0.3, -0.25) is 10.2 Å². The van der Waals surface area contributed by atoms with Crippen molar-refractivity contribution in [3.8, 4) is 0 Å². The van der Waals surface area contributed by atoms with E-state index >= 15 is 0 Å². The predicted molar refractivity (Wildman–Crippen MR) is 80.3 cm³/mol. The van der Waals surface area contributed by atoms with Crippen molar-refractivity contribution in [2.75, 3.05) is 0 Å². The maximum Gasteiger partial charge on any atom is 0.268 e. The van der Waals surface area contributed by atoms with Gasteiger partial charge in [-0.15, -0.1) is 0 Å². The van der Waals surface area contributed by atoms with Crippen LogP contribution in [0.2, 0.25) is 0 Å². The lowest BCUT2D eigenvalue weighted by Crippen LogP contribution is -2.36. The molecular weight excluding hydrogens is 264 g/mol. The highest BCUT2D eigenvalue weighted by molar-refractivity contribution is 5.93. The van der Waals surface area contributed by atoms with Crippen LogP contribution in [0, 0.1) is 0 Å². The number of nitrogens with one attached hydrogen (secondary N) is 2. The molecule has 0 aliphatic heterocycles. The van der Waals surface area contributed by atoms with Gasteiger partial charge in [0.1, 0.15) is 6.33 Å². The van der Waals surface area contributed by atoms with Gasteiger partial charge in [0, 0.05) is 18.9 Å². The van der Waals surface area contributed by atoms with E-state index in [4.69, 9.17) is 0 Å². The first kappa shape index (κ1) is 13.2. The maximum absolute atomic E-state index is 11.8. The first-order valence-corrected chi connectivity index (χ1v) is 6.59. The molecule has 1 amide bonds. The molecule has 0 bridgehead atoms. The summed E-state index contributed by atoms with van der Waals surface area (Å²) in [4.78, 5) is 19.4. The van der Waals surface area contributed by atoms with Gasteiger partial charge in [-0.1, -0.05) is 36.4 Å². The molecule has 3 rings (SSSR count). The van der Waals surface area contributed by atoms with E-state index in [-0.39, 0.29) is 5.91 Å². The van der Waals surface area contributed by atoms with Crippen LogP contribution in [0.15, 0.2) is 61.2 Å². The molecule has 0 saturated carbocycles. The molecule has 0 spiro atoms. The number of rotatable bonds is 4. The van der Waals surface area contributed by atoms with Crippen LogP contribution in [0.5, 0.6) is 0 Å². The zero-order valence-electron chi connectivity index (χ0n) is 11.3. The number of fused-ring (bicyclic) bond motifs is 1. The van der Waals surface area contributed by atoms with Crippen LogP contribution in [-0.4, -0.2) is 15.9 Å². The Balaban J connectivity index is 1.60. The van der Waals surface area contributed by atoms with Crippen LogP contribution in [0.1, 0.15) is 15.9 Å². The average Bonchev–Trinajstić information content (AvgIpc) is 2.55. The summed E-state index contributed by atoms with van der Waals surface area (Å²) in [6.45, 7) is 0.546. The molecule has 2 aromatic carbocycles. The molecule has 0 fully saturated rings. The van der Waals surface area contributed by atoms with Crippen molar-refractivity contribution in [1.29, 1.82) is 0 Å². The van der Waals surface area contributed by atoms with Gasteiger partial charge in [0.2, 0.25) is 0 Å². The lowest BCUT2D eigenvalue weighted by Gasteiger charge is -2.08. The summed E-state index contributed by atoms with van der Waals surface area (Å²) in [6.07, 6.45) is 4.33. The van der Waals surface area contributed by atoms with Crippen molar-refractivity contribution in [2.24, 2.45) is 0 Å². The zero-order valence-corrected chi connectivity index (χ0v) is 11.3. The largest absolute Gasteiger partial charge is 0.287 e. The number of carbonyl (C=O) groups is 1. The first-order valence-electron chi connectivity index (χ1n) is 6.59. The van der Waals surface area contributed by atoms with Gasteiger partial charge in [-0.2, -0.15) is 0 Å². The van der Waals surface area contributed by atoms with Crippen molar-refractivity contribution >= 4 is 16.7 Å². The normalized spacial score (nSPS) is 10.5. The van der Waals surface area contributed by atoms with Crippen LogP contribution < -0.4 is 10.9 Å². The molecule has 21 heavy (non-hydrogen) atoms. The lowest BCUT2D eigenvalue weighted by molar-refractivity contribution is 0.0931. The molecule has 0 unspecified atom stereocenters. The Bertz CT molecular complexity index is 758. The number of aromatic nitrogens is 2. The zero-order chi connectivity index (χ0) is 14.5. The molecule has 1 heterocycles. The van der Waals surface area contributed by atoms with Crippen molar-refractivity contribution in [2.45, 2.75) is 6.54 Å². The Morgan fingerprint density at radius 2 is 1.76 bits per heavy atom. The van der Waals surface area contributed by atoms with Crippen LogP contribution in [0.3, 0.4) is 0 Å². The molecule has 1 aromatic heterocycles. The number of benzene rings is 2. The quantitative estimate of drug-likeness (QED) is 0.717. The molecule has 5 nitrogen and oxygen atoms in total. The monoisotopic (exact) mass is 278 g/mol. The SMILES string of the molecule is O=C(NNCc1ccc2ccccc2c1)c1cncnc1. The Labute approximate surface area is 122 Å². The first-order chi connectivity index (χ1) is 10.3. The number of amides is 1. The number of hydrogen-bond acceptors (Lipinski definition) is 4. The maximum atomic E-state index is 11.8. The van der Waals surface area contributed by atoms with Crippen molar-refractivity contribution in [3.05, 3.63) is 72.3 Å². The molecule has 3 aromatic rings. The third-order valence-electron chi connectivity index (χ3n) is 3.13. The summed E-state index contributed by atoms with van der Waals surface area (Å²) in [7, 11) is 0. The smallest absolute Gasteiger partial charge is 0.268 e. The summed E-state index contributed by atoms with van der Waals surface area (Å²) in [5.41, 5.74) is 7.05. The molecule has 2 N–H and O–H groups in total. The topological polar surface area (TPSA) is 66.9 Å². The standard InChI is InChI=1S/C16H14N4O/c21-16(15-9-17-11-18-10-15)20-19-8-12-5-6-13-3-1-2-4-14(13)7-12/h1-7,9-11,19H,8H2,(H,20,21). The van der Waals surface area contributed by atoms with Crippen LogP contribution in [0.25, 0.3) is 10.8 Å². The van der Waals surface area contributed by atoms with Gasteiger partial charge in [-0.05, 0) is 22.4 Å². The highest BCUT2D eigenvalue weighted by atomic mass is 16.2. The van der Waals surface area contributed by atoms with Crippen LogP contribution >= 0.6 is 0 Å². The van der Waals surface area contributed by atoms with Gasteiger partial charge < -0.3 is 0 Å². The van der Waals surface area contributed by atoms with E-state index in [1.165, 1.54) is 29.5 Å². The molecule has 5 heteroatoms. The summed E-state index contributed by atoms with van der Waals surface area (Å²) in [5.74, 6) is -0.253. The average molecular weight is 278 g/mol. The van der Waals surface area contributed by atoms with E-state index in [1.807, 2.05) is 18.2 Å². The van der Waals surface area contributed by atoms with E-state index in [2.05, 4.69) is 45.1 Å².